The standard InChI is InChI=1S/C21H16ClN5O5/c1-31-16-8-14(22)7-13(19(16)32-11-17(28)29)10-24-27-21-25-18(12-5-3-2-4-6-12)15(9-23)20(30)26-21/h2-8,10H,11H2,1H3,(H,28,29)(H2,25,26,27,30). The highest BCUT2D eigenvalue weighted by Crippen LogP contribution is 2.34. The summed E-state index contributed by atoms with van der Waals surface area (Å²) in [7, 11) is 1.38. The van der Waals surface area contributed by atoms with Crippen LogP contribution >= 0.6 is 11.6 Å². The van der Waals surface area contributed by atoms with Crippen molar-refractivity contribution >= 4 is 29.7 Å². The smallest absolute Gasteiger partial charge is 0.341 e. The number of hydrogen-bond donors (Lipinski definition) is 3. The molecule has 10 nitrogen and oxygen atoms in total. The first-order valence-electron chi connectivity index (χ1n) is 9.04. The molecule has 3 aromatic rings. The third-order valence-corrected chi connectivity index (χ3v) is 4.28. The van der Waals surface area contributed by atoms with Crippen LogP contribution in [-0.2, 0) is 4.79 Å². The van der Waals surface area contributed by atoms with Crippen LogP contribution in [0.3, 0.4) is 0 Å². The molecule has 2 aromatic carbocycles. The maximum Gasteiger partial charge on any atom is 0.341 e. The molecule has 1 aromatic heterocycles. The normalized spacial score (nSPS) is 10.5. The molecule has 0 fully saturated rings. The van der Waals surface area contributed by atoms with E-state index in [9.17, 15) is 14.9 Å². The fourth-order valence-corrected chi connectivity index (χ4v) is 2.94. The number of nitriles is 1. The molecule has 0 unspecified atom stereocenters. The fraction of sp³-hybridized carbons (Fsp3) is 0.0952. The number of carboxylic acid groups (broad SMARTS) is 1. The number of methoxy groups -OCH3 is 1. The summed E-state index contributed by atoms with van der Waals surface area (Å²) in [5, 5.41) is 22.5. The van der Waals surface area contributed by atoms with Crippen molar-refractivity contribution in [2.75, 3.05) is 19.1 Å². The minimum atomic E-state index is -1.17. The van der Waals surface area contributed by atoms with Crippen molar-refractivity contribution < 1.29 is 19.4 Å². The molecule has 11 heteroatoms. The zero-order valence-electron chi connectivity index (χ0n) is 16.6. The van der Waals surface area contributed by atoms with Crippen molar-refractivity contribution in [3.63, 3.8) is 0 Å². The first-order valence-corrected chi connectivity index (χ1v) is 9.41. The van der Waals surface area contributed by atoms with E-state index in [0.29, 0.717) is 16.1 Å². The van der Waals surface area contributed by atoms with Crippen molar-refractivity contribution in [1.29, 1.82) is 5.26 Å². The Morgan fingerprint density at radius 3 is 2.78 bits per heavy atom. The number of nitrogens with zero attached hydrogens (tertiary/aromatic N) is 3. The Morgan fingerprint density at radius 1 is 1.38 bits per heavy atom. The van der Waals surface area contributed by atoms with Gasteiger partial charge in [-0.3, -0.25) is 9.78 Å². The van der Waals surface area contributed by atoms with Crippen molar-refractivity contribution in [1.82, 2.24) is 9.97 Å². The molecule has 3 N–H and O–H groups in total. The van der Waals surface area contributed by atoms with Gasteiger partial charge in [-0.1, -0.05) is 41.9 Å². The minimum Gasteiger partial charge on any atom is -0.493 e. The predicted molar refractivity (Wildman–Crippen MR) is 117 cm³/mol. The lowest BCUT2D eigenvalue weighted by atomic mass is 10.1. The van der Waals surface area contributed by atoms with Crippen molar-refractivity contribution in [3.05, 3.63) is 69.0 Å². The average Bonchev–Trinajstić information content (AvgIpc) is 2.78. The van der Waals surface area contributed by atoms with Crippen LogP contribution < -0.4 is 20.5 Å². The maximum absolute atomic E-state index is 12.3. The summed E-state index contributed by atoms with van der Waals surface area (Å²) in [5.41, 5.74) is 2.93. The number of aromatic nitrogens is 2. The lowest BCUT2D eigenvalue weighted by Crippen LogP contribution is -2.16. The summed E-state index contributed by atoms with van der Waals surface area (Å²) in [6.07, 6.45) is 1.30. The van der Waals surface area contributed by atoms with Crippen LogP contribution in [0.25, 0.3) is 11.3 Å². The first kappa shape index (κ1) is 22.3. The van der Waals surface area contributed by atoms with Crippen molar-refractivity contribution in [2.45, 2.75) is 0 Å². The average molecular weight is 454 g/mol. The number of carbonyl (C=O) groups is 1. The van der Waals surface area contributed by atoms with Gasteiger partial charge in [0.05, 0.1) is 19.0 Å². The van der Waals surface area contributed by atoms with Crippen LogP contribution in [0, 0.1) is 11.3 Å². The number of hydrazone groups is 1. The van der Waals surface area contributed by atoms with Gasteiger partial charge in [-0.05, 0) is 6.07 Å². The number of hydrogen-bond acceptors (Lipinski definition) is 8. The van der Waals surface area contributed by atoms with Gasteiger partial charge in [0.25, 0.3) is 5.56 Å². The number of aliphatic carboxylic acids is 1. The largest absolute Gasteiger partial charge is 0.493 e. The zero-order chi connectivity index (χ0) is 23.1. The second kappa shape index (κ2) is 10.1. The zero-order valence-corrected chi connectivity index (χ0v) is 17.4. The SMILES string of the molecule is COc1cc(Cl)cc(C=NNc2nc(-c3ccccc3)c(C#N)c(=O)[nH]2)c1OCC(=O)O. The highest BCUT2D eigenvalue weighted by Gasteiger charge is 2.15. The Balaban J connectivity index is 1.93. The lowest BCUT2D eigenvalue weighted by Gasteiger charge is -2.12. The van der Waals surface area contributed by atoms with E-state index in [2.05, 4.69) is 20.5 Å². The molecule has 0 aliphatic carbocycles. The fourth-order valence-electron chi connectivity index (χ4n) is 2.72. The van der Waals surface area contributed by atoms with Gasteiger partial charge in [-0.15, -0.1) is 0 Å². The molecule has 0 aliphatic heterocycles. The maximum atomic E-state index is 12.3. The topological polar surface area (TPSA) is 150 Å². The summed E-state index contributed by atoms with van der Waals surface area (Å²) in [6, 6.07) is 13.6. The van der Waals surface area contributed by atoms with E-state index in [0.717, 1.165) is 0 Å². The summed E-state index contributed by atoms with van der Waals surface area (Å²) < 4.78 is 10.5. The van der Waals surface area contributed by atoms with E-state index < -0.39 is 18.1 Å². The molecular weight excluding hydrogens is 438 g/mol. The second-order valence-corrected chi connectivity index (χ2v) is 6.63. The van der Waals surface area contributed by atoms with Crippen molar-refractivity contribution in [3.8, 4) is 28.8 Å². The predicted octanol–water partition coefficient (Wildman–Crippen LogP) is 2.88. The monoisotopic (exact) mass is 453 g/mol. The number of rotatable bonds is 8. The molecule has 0 saturated heterocycles. The van der Waals surface area contributed by atoms with Gasteiger partial charge >= 0.3 is 5.97 Å². The highest BCUT2D eigenvalue weighted by atomic mass is 35.5. The Bertz CT molecular complexity index is 1270. The van der Waals surface area contributed by atoms with Gasteiger partial charge < -0.3 is 14.6 Å². The third-order valence-electron chi connectivity index (χ3n) is 4.06. The van der Waals surface area contributed by atoms with Crippen LogP contribution in [0.1, 0.15) is 11.1 Å². The van der Waals surface area contributed by atoms with Crippen LogP contribution in [-0.4, -0.2) is 41.0 Å². The van der Waals surface area contributed by atoms with E-state index >= 15 is 0 Å². The Kier molecular flexibility index (Phi) is 7.05. The van der Waals surface area contributed by atoms with Crippen LogP contribution in [0.15, 0.2) is 52.4 Å². The van der Waals surface area contributed by atoms with E-state index in [1.165, 1.54) is 25.5 Å². The van der Waals surface area contributed by atoms with E-state index in [1.54, 1.807) is 30.3 Å². The Labute approximate surface area is 186 Å². The van der Waals surface area contributed by atoms with Crippen LogP contribution in [0.4, 0.5) is 5.95 Å². The van der Waals surface area contributed by atoms with E-state index in [-0.39, 0.29) is 28.7 Å². The number of carboxylic acids is 1. The van der Waals surface area contributed by atoms with E-state index in [1.807, 2.05) is 6.07 Å². The molecule has 162 valence electrons. The first-order chi connectivity index (χ1) is 15.4. The van der Waals surface area contributed by atoms with Gasteiger partial charge in [0, 0.05) is 22.2 Å². The molecule has 32 heavy (non-hydrogen) atoms. The molecule has 0 aliphatic rings. The number of benzene rings is 2. The molecule has 0 bridgehead atoms. The molecular formula is C21H16ClN5O5. The number of aromatic amines is 1. The van der Waals surface area contributed by atoms with E-state index in [4.69, 9.17) is 26.2 Å². The molecule has 3 rings (SSSR count). The molecule has 0 atom stereocenters. The number of ether oxygens (including phenoxy) is 2. The number of H-pyrrole nitrogens is 1. The quantitative estimate of drug-likeness (QED) is 0.348. The third kappa shape index (κ3) is 5.21. The summed E-state index contributed by atoms with van der Waals surface area (Å²) in [4.78, 5) is 29.9. The molecule has 0 saturated carbocycles. The van der Waals surface area contributed by atoms with Crippen LogP contribution in [0.2, 0.25) is 5.02 Å². The molecule has 1 heterocycles. The second-order valence-electron chi connectivity index (χ2n) is 6.19. The Hall–Kier alpha value is -4.36. The van der Waals surface area contributed by atoms with Gasteiger partial charge in [0.1, 0.15) is 11.6 Å². The Morgan fingerprint density at radius 2 is 2.12 bits per heavy atom. The lowest BCUT2D eigenvalue weighted by molar-refractivity contribution is -0.139. The van der Waals surface area contributed by atoms with Crippen molar-refractivity contribution in [2.24, 2.45) is 5.10 Å². The van der Waals surface area contributed by atoms with Gasteiger partial charge in [0.2, 0.25) is 5.95 Å². The van der Waals surface area contributed by atoms with Gasteiger partial charge in [0.15, 0.2) is 18.1 Å². The summed E-state index contributed by atoms with van der Waals surface area (Å²) in [5.74, 6) is -0.838. The minimum absolute atomic E-state index is 0.00824. The van der Waals surface area contributed by atoms with Gasteiger partial charge in [-0.25, -0.2) is 15.2 Å². The summed E-state index contributed by atoms with van der Waals surface area (Å²) >= 11 is 6.08. The number of anilines is 1. The number of nitrogens with one attached hydrogen (secondary N) is 2. The summed E-state index contributed by atoms with van der Waals surface area (Å²) in [6.45, 7) is -0.600. The molecule has 0 amide bonds. The van der Waals surface area contributed by atoms with Gasteiger partial charge in [-0.2, -0.15) is 10.4 Å². The molecule has 0 radical (unpaired) electrons. The molecule has 0 spiro atoms. The number of halogens is 1. The highest BCUT2D eigenvalue weighted by molar-refractivity contribution is 6.31. The van der Waals surface area contributed by atoms with Crippen LogP contribution in [0.5, 0.6) is 11.5 Å².